The average Bonchev–Trinajstić information content (AvgIpc) is 2.57. The number of carbonyl (C=O) groups excluding carboxylic acids is 3. The number of carbonyl (C=O) groups is 3. The third-order valence-electron chi connectivity index (χ3n) is 3.83. The number of halogens is 3. The third-order valence-corrected chi connectivity index (χ3v) is 3.83. The summed E-state index contributed by atoms with van der Waals surface area (Å²) in [6, 6.07) is 2.31. The zero-order valence-electron chi connectivity index (χ0n) is 15.5. The molecule has 0 saturated heterocycles. The highest BCUT2D eigenvalue weighted by molar-refractivity contribution is 5.90. The van der Waals surface area contributed by atoms with Crippen molar-refractivity contribution in [3.63, 3.8) is 0 Å². The summed E-state index contributed by atoms with van der Waals surface area (Å²) in [6.45, 7) is 4.72. The highest BCUT2D eigenvalue weighted by Gasteiger charge is 2.31. The third kappa shape index (κ3) is 6.92. The molecule has 0 bridgehead atoms. The van der Waals surface area contributed by atoms with E-state index in [1.54, 1.807) is 13.8 Å². The van der Waals surface area contributed by atoms with E-state index in [2.05, 4.69) is 15.4 Å². The molecule has 0 aliphatic heterocycles. The molecule has 1 aromatic rings. The molecule has 1 rings (SSSR count). The summed E-state index contributed by atoms with van der Waals surface area (Å²) in [4.78, 5) is 35.7. The fourth-order valence-corrected chi connectivity index (χ4v) is 2.42. The molecular weight excluding hydrogens is 365 g/mol. The molecular formula is C18H23F3N2O4. The molecule has 0 spiro atoms. The van der Waals surface area contributed by atoms with Crippen molar-refractivity contribution in [1.82, 2.24) is 10.6 Å². The van der Waals surface area contributed by atoms with Gasteiger partial charge < -0.3 is 15.4 Å². The normalized spacial score (nSPS) is 13.6. The molecule has 0 heterocycles. The van der Waals surface area contributed by atoms with Crippen LogP contribution < -0.4 is 10.6 Å². The summed E-state index contributed by atoms with van der Waals surface area (Å²) in [7, 11) is 1.14. The van der Waals surface area contributed by atoms with Crippen LogP contribution in [-0.2, 0) is 31.7 Å². The number of alkyl halides is 3. The first kappa shape index (κ1) is 22.5. The summed E-state index contributed by atoms with van der Waals surface area (Å²) in [6.07, 6.45) is -4.52. The number of ether oxygens (including phenoxy) is 1. The van der Waals surface area contributed by atoms with E-state index in [1.165, 1.54) is 19.1 Å². The molecule has 0 aliphatic carbocycles. The largest absolute Gasteiger partial charge is 0.467 e. The van der Waals surface area contributed by atoms with Crippen molar-refractivity contribution in [2.24, 2.45) is 5.92 Å². The van der Waals surface area contributed by atoms with Crippen LogP contribution in [0.15, 0.2) is 24.3 Å². The van der Waals surface area contributed by atoms with Gasteiger partial charge in [0.05, 0.1) is 12.7 Å². The Labute approximate surface area is 155 Å². The van der Waals surface area contributed by atoms with Gasteiger partial charge in [-0.1, -0.05) is 26.0 Å². The molecule has 0 radical (unpaired) electrons. The molecule has 0 aliphatic rings. The lowest BCUT2D eigenvalue weighted by atomic mass is 10.0. The topological polar surface area (TPSA) is 84.5 Å². The van der Waals surface area contributed by atoms with E-state index in [0.717, 1.165) is 19.2 Å². The first-order valence-electron chi connectivity index (χ1n) is 8.27. The molecule has 27 heavy (non-hydrogen) atoms. The van der Waals surface area contributed by atoms with Gasteiger partial charge in [-0.3, -0.25) is 9.59 Å². The Morgan fingerprint density at radius 3 is 2.04 bits per heavy atom. The van der Waals surface area contributed by atoms with Crippen molar-refractivity contribution in [3.8, 4) is 0 Å². The zero-order valence-corrected chi connectivity index (χ0v) is 15.5. The summed E-state index contributed by atoms with van der Waals surface area (Å²) < 4.78 is 42.6. The van der Waals surface area contributed by atoms with Gasteiger partial charge in [-0.2, -0.15) is 13.2 Å². The van der Waals surface area contributed by atoms with Gasteiger partial charge >= 0.3 is 12.1 Å². The summed E-state index contributed by atoms with van der Waals surface area (Å²) >= 11 is 0. The second kappa shape index (κ2) is 9.38. The van der Waals surface area contributed by atoms with Gasteiger partial charge in [0.25, 0.3) is 0 Å². The smallest absolute Gasteiger partial charge is 0.416 e. The minimum atomic E-state index is -4.46. The molecule has 2 N–H and O–H groups in total. The number of esters is 1. The lowest BCUT2D eigenvalue weighted by molar-refractivity contribution is -0.145. The van der Waals surface area contributed by atoms with E-state index in [9.17, 15) is 27.6 Å². The molecule has 0 unspecified atom stereocenters. The minimum Gasteiger partial charge on any atom is -0.467 e. The summed E-state index contributed by atoms with van der Waals surface area (Å²) in [5.41, 5.74) is -0.394. The summed E-state index contributed by atoms with van der Waals surface area (Å²) in [5, 5.41) is 5.00. The van der Waals surface area contributed by atoms with Crippen molar-refractivity contribution >= 4 is 17.8 Å². The molecule has 2 atom stereocenters. The van der Waals surface area contributed by atoms with E-state index in [1.807, 2.05) is 0 Å². The molecule has 0 saturated carbocycles. The molecule has 9 heteroatoms. The van der Waals surface area contributed by atoms with Crippen LogP contribution in [0.5, 0.6) is 0 Å². The van der Waals surface area contributed by atoms with Crippen LogP contribution in [0.2, 0.25) is 0 Å². The van der Waals surface area contributed by atoms with Crippen molar-refractivity contribution in [1.29, 1.82) is 0 Å². The highest BCUT2D eigenvalue weighted by atomic mass is 19.4. The Kier molecular flexibility index (Phi) is 7.81. The molecule has 2 amide bonds. The first-order chi connectivity index (χ1) is 12.5. The number of hydrogen-bond acceptors (Lipinski definition) is 4. The van der Waals surface area contributed by atoms with Crippen LogP contribution in [-0.4, -0.2) is 37.0 Å². The summed E-state index contributed by atoms with van der Waals surface area (Å²) in [5.74, 6) is -1.96. The van der Waals surface area contributed by atoms with Crippen LogP contribution in [0.4, 0.5) is 13.2 Å². The quantitative estimate of drug-likeness (QED) is 0.701. The Balaban J connectivity index is 2.94. The first-order valence-corrected chi connectivity index (χ1v) is 8.27. The van der Waals surface area contributed by atoms with E-state index in [0.29, 0.717) is 5.56 Å². The van der Waals surface area contributed by atoms with Gasteiger partial charge in [0.1, 0.15) is 12.1 Å². The van der Waals surface area contributed by atoms with Gasteiger partial charge in [0, 0.05) is 13.3 Å². The van der Waals surface area contributed by atoms with Gasteiger partial charge in [0.15, 0.2) is 0 Å². The van der Waals surface area contributed by atoms with Crippen molar-refractivity contribution < 1.29 is 32.3 Å². The molecule has 1 aromatic carbocycles. The van der Waals surface area contributed by atoms with Crippen LogP contribution in [0.25, 0.3) is 0 Å². The van der Waals surface area contributed by atoms with E-state index < -0.39 is 41.6 Å². The van der Waals surface area contributed by atoms with Gasteiger partial charge in [0.2, 0.25) is 11.8 Å². The van der Waals surface area contributed by atoms with Crippen LogP contribution in [0.1, 0.15) is 31.9 Å². The van der Waals surface area contributed by atoms with Crippen LogP contribution >= 0.6 is 0 Å². The molecule has 0 fully saturated rings. The lowest BCUT2D eigenvalue weighted by Gasteiger charge is -2.24. The average molecular weight is 388 g/mol. The second-order valence-electron chi connectivity index (χ2n) is 6.41. The van der Waals surface area contributed by atoms with Gasteiger partial charge in [-0.05, 0) is 23.6 Å². The minimum absolute atomic E-state index is 0.0541. The standard InChI is InChI=1S/C18H23F3N2O4/c1-10(2)15(22-11(3)24)16(25)23-14(17(26)27-4)9-12-5-7-13(8-6-12)18(19,20)21/h5-8,10,14-15H,9H2,1-4H3,(H,22,24)(H,23,25)/t14-,15+/m0/s1. The zero-order chi connectivity index (χ0) is 20.8. The molecule has 0 aromatic heterocycles. The lowest BCUT2D eigenvalue weighted by Crippen LogP contribution is -2.54. The predicted octanol–water partition coefficient (Wildman–Crippen LogP) is 2.07. The maximum Gasteiger partial charge on any atom is 0.416 e. The Morgan fingerprint density at radius 2 is 1.63 bits per heavy atom. The molecule has 6 nitrogen and oxygen atoms in total. The highest BCUT2D eigenvalue weighted by Crippen LogP contribution is 2.29. The second-order valence-corrected chi connectivity index (χ2v) is 6.41. The van der Waals surface area contributed by atoms with Crippen molar-refractivity contribution in [2.45, 2.75) is 45.5 Å². The SMILES string of the molecule is COC(=O)[C@H](Cc1ccc(C(F)(F)F)cc1)NC(=O)[C@H](NC(C)=O)C(C)C. The maximum absolute atomic E-state index is 12.6. The van der Waals surface area contributed by atoms with Crippen LogP contribution in [0, 0.1) is 5.92 Å². The van der Waals surface area contributed by atoms with Crippen LogP contribution in [0.3, 0.4) is 0 Å². The van der Waals surface area contributed by atoms with E-state index in [4.69, 9.17) is 0 Å². The van der Waals surface area contributed by atoms with Gasteiger partial charge in [-0.25, -0.2) is 4.79 Å². The Bertz CT molecular complexity index is 672. The number of hydrogen-bond donors (Lipinski definition) is 2. The Hall–Kier alpha value is -2.58. The number of methoxy groups -OCH3 is 1. The van der Waals surface area contributed by atoms with E-state index >= 15 is 0 Å². The number of benzene rings is 1. The van der Waals surface area contributed by atoms with Crippen molar-refractivity contribution in [3.05, 3.63) is 35.4 Å². The number of rotatable bonds is 7. The van der Waals surface area contributed by atoms with Crippen molar-refractivity contribution in [2.75, 3.05) is 7.11 Å². The monoisotopic (exact) mass is 388 g/mol. The molecule has 150 valence electrons. The number of amides is 2. The maximum atomic E-state index is 12.6. The van der Waals surface area contributed by atoms with Gasteiger partial charge in [-0.15, -0.1) is 0 Å². The fourth-order valence-electron chi connectivity index (χ4n) is 2.42. The fraction of sp³-hybridized carbons (Fsp3) is 0.500. The predicted molar refractivity (Wildman–Crippen MR) is 91.5 cm³/mol. The van der Waals surface area contributed by atoms with E-state index in [-0.39, 0.29) is 12.3 Å². The Morgan fingerprint density at radius 1 is 1.07 bits per heavy atom. The number of nitrogens with one attached hydrogen (secondary N) is 2.